The van der Waals surface area contributed by atoms with Crippen molar-refractivity contribution in [3.63, 3.8) is 0 Å². The molecule has 0 saturated heterocycles. The van der Waals surface area contributed by atoms with Crippen LogP contribution in [0.2, 0.25) is 0 Å². The van der Waals surface area contributed by atoms with Crippen molar-refractivity contribution >= 4 is 17.4 Å². The third-order valence-corrected chi connectivity index (χ3v) is 4.92. The minimum absolute atomic E-state index is 0.209. The number of benzene rings is 1. The van der Waals surface area contributed by atoms with Crippen molar-refractivity contribution in [2.45, 2.75) is 33.1 Å². The third-order valence-electron chi connectivity index (χ3n) is 4.92. The van der Waals surface area contributed by atoms with Crippen LogP contribution < -0.4 is 0 Å². The second kappa shape index (κ2) is 11.0. The molecular weight excluding hydrogens is 356 g/mol. The summed E-state index contributed by atoms with van der Waals surface area (Å²) < 4.78 is 10.4. The lowest BCUT2D eigenvalue weighted by atomic mass is 10.0. The van der Waals surface area contributed by atoms with Gasteiger partial charge in [0.25, 0.3) is 11.8 Å². The Balaban J connectivity index is 2.44. The van der Waals surface area contributed by atoms with Crippen molar-refractivity contribution < 1.29 is 19.1 Å². The number of unbranched alkanes of at least 4 members (excludes halogenated alkanes) is 2. The van der Waals surface area contributed by atoms with E-state index < -0.39 is 0 Å². The molecule has 0 unspecified atom stereocenters. The number of methoxy groups -OCH3 is 2. The minimum Gasteiger partial charge on any atom is -0.383 e. The number of ether oxygens (including phenoxy) is 2. The number of hydrogen-bond donors (Lipinski definition) is 0. The maximum absolute atomic E-state index is 13.3. The molecule has 0 radical (unpaired) electrons. The van der Waals surface area contributed by atoms with Gasteiger partial charge in [-0.25, -0.2) is 0 Å². The first kappa shape index (κ1) is 22.1. The average molecular weight is 389 g/mol. The third kappa shape index (κ3) is 5.20. The summed E-state index contributed by atoms with van der Waals surface area (Å²) >= 11 is 0. The Morgan fingerprint density at radius 1 is 0.929 bits per heavy atom. The predicted octanol–water partition coefficient (Wildman–Crippen LogP) is 2.86. The maximum atomic E-state index is 13.3. The Labute approximate surface area is 168 Å². The van der Waals surface area contributed by atoms with E-state index in [-0.39, 0.29) is 11.8 Å². The molecule has 1 aromatic carbocycles. The molecule has 1 heterocycles. The topological polar surface area (TPSA) is 59.1 Å². The van der Waals surface area contributed by atoms with Crippen molar-refractivity contribution in [2.24, 2.45) is 0 Å². The van der Waals surface area contributed by atoms with Gasteiger partial charge in [-0.05, 0) is 18.9 Å². The highest BCUT2D eigenvalue weighted by Gasteiger charge is 2.41. The lowest BCUT2D eigenvalue weighted by Gasteiger charge is -2.25. The lowest BCUT2D eigenvalue weighted by Crippen LogP contribution is -2.38. The van der Waals surface area contributed by atoms with Gasteiger partial charge in [0.05, 0.1) is 18.8 Å². The number of carbonyl (C=O) groups is 2. The fourth-order valence-electron chi connectivity index (χ4n) is 3.30. The molecule has 6 nitrogen and oxygen atoms in total. The van der Waals surface area contributed by atoms with Crippen LogP contribution in [-0.2, 0) is 19.1 Å². The van der Waals surface area contributed by atoms with Gasteiger partial charge in [0, 0.05) is 33.9 Å². The number of aryl methyl sites for hydroxylation is 1. The molecule has 2 rings (SSSR count). The van der Waals surface area contributed by atoms with Gasteiger partial charge in [0.15, 0.2) is 0 Å². The molecule has 1 aliphatic rings. The van der Waals surface area contributed by atoms with E-state index in [1.165, 1.54) is 4.90 Å². The highest BCUT2D eigenvalue weighted by atomic mass is 16.5. The lowest BCUT2D eigenvalue weighted by molar-refractivity contribution is -0.137. The summed E-state index contributed by atoms with van der Waals surface area (Å²) in [7, 11) is 3.25. The number of nitrogens with zero attached hydrogens (tertiary/aromatic N) is 2. The molecule has 0 aromatic heterocycles. The van der Waals surface area contributed by atoms with E-state index in [1.807, 2.05) is 36.1 Å². The van der Waals surface area contributed by atoms with Crippen LogP contribution in [-0.4, -0.2) is 68.7 Å². The van der Waals surface area contributed by atoms with Crippen molar-refractivity contribution in [2.75, 3.05) is 47.1 Å². The summed E-state index contributed by atoms with van der Waals surface area (Å²) in [5.74, 6) is -0.427. The molecule has 1 aliphatic heterocycles. The standard InChI is InChI=1S/C22H32N2O4/c1-5-6-7-12-24-21(25)19(18-10-8-17(2)9-11-18)20(22(24)26)23(13-15-27-3)14-16-28-4/h8-11H,5-7,12-16H2,1-4H3. The zero-order valence-electron chi connectivity index (χ0n) is 17.5. The summed E-state index contributed by atoms with van der Waals surface area (Å²) in [6.45, 7) is 6.52. The Kier molecular flexibility index (Phi) is 8.67. The van der Waals surface area contributed by atoms with Crippen molar-refractivity contribution in [3.8, 4) is 0 Å². The molecule has 0 fully saturated rings. The number of carbonyl (C=O) groups excluding carboxylic acids is 2. The number of rotatable bonds is 12. The molecule has 0 N–H and O–H groups in total. The minimum atomic E-state index is -0.219. The Bertz CT molecular complexity index is 689. The molecule has 0 atom stereocenters. The SMILES string of the molecule is CCCCCN1C(=O)C(c2ccc(C)cc2)=C(N(CCOC)CCOC)C1=O. The van der Waals surface area contributed by atoms with E-state index in [4.69, 9.17) is 9.47 Å². The summed E-state index contributed by atoms with van der Waals surface area (Å²) in [5.41, 5.74) is 2.82. The largest absolute Gasteiger partial charge is 0.383 e. The molecule has 0 spiro atoms. The summed E-state index contributed by atoms with van der Waals surface area (Å²) in [5, 5.41) is 0. The number of amides is 2. The van der Waals surface area contributed by atoms with Crippen LogP contribution in [0.1, 0.15) is 37.3 Å². The molecule has 154 valence electrons. The number of imide groups is 1. The first-order chi connectivity index (χ1) is 13.5. The maximum Gasteiger partial charge on any atom is 0.277 e. The number of hydrogen-bond acceptors (Lipinski definition) is 5. The van der Waals surface area contributed by atoms with E-state index in [0.717, 1.165) is 30.4 Å². The molecule has 6 heteroatoms. The first-order valence-corrected chi connectivity index (χ1v) is 9.95. The fraction of sp³-hybridized carbons (Fsp3) is 0.545. The highest BCUT2D eigenvalue weighted by Crippen LogP contribution is 2.32. The molecule has 2 amide bonds. The van der Waals surface area contributed by atoms with Gasteiger partial charge < -0.3 is 14.4 Å². The summed E-state index contributed by atoms with van der Waals surface area (Å²) in [6, 6.07) is 7.75. The second-order valence-corrected chi connectivity index (χ2v) is 7.03. The van der Waals surface area contributed by atoms with Gasteiger partial charge in [-0.15, -0.1) is 0 Å². The predicted molar refractivity (Wildman–Crippen MR) is 110 cm³/mol. The summed E-state index contributed by atoms with van der Waals surface area (Å²) in [4.78, 5) is 29.8. The quantitative estimate of drug-likeness (QED) is 0.407. The summed E-state index contributed by atoms with van der Waals surface area (Å²) in [6.07, 6.45) is 2.84. The van der Waals surface area contributed by atoms with Crippen LogP contribution in [0.25, 0.3) is 5.57 Å². The smallest absolute Gasteiger partial charge is 0.277 e. The van der Waals surface area contributed by atoms with E-state index >= 15 is 0 Å². The van der Waals surface area contributed by atoms with Crippen LogP contribution in [0.15, 0.2) is 30.0 Å². The molecule has 1 aromatic rings. The van der Waals surface area contributed by atoms with Gasteiger partial charge >= 0.3 is 0 Å². The molecule has 0 saturated carbocycles. The van der Waals surface area contributed by atoms with Gasteiger partial charge in [-0.3, -0.25) is 14.5 Å². The highest BCUT2D eigenvalue weighted by molar-refractivity contribution is 6.35. The van der Waals surface area contributed by atoms with Gasteiger partial charge in [-0.1, -0.05) is 49.6 Å². The average Bonchev–Trinajstić information content (AvgIpc) is 2.94. The Morgan fingerprint density at radius 2 is 1.54 bits per heavy atom. The first-order valence-electron chi connectivity index (χ1n) is 9.95. The second-order valence-electron chi connectivity index (χ2n) is 7.03. The Hall–Kier alpha value is -2.18. The Morgan fingerprint density at radius 3 is 2.07 bits per heavy atom. The monoisotopic (exact) mass is 388 g/mol. The fourth-order valence-corrected chi connectivity index (χ4v) is 3.30. The van der Waals surface area contributed by atoms with E-state index in [1.54, 1.807) is 14.2 Å². The zero-order valence-corrected chi connectivity index (χ0v) is 17.5. The van der Waals surface area contributed by atoms with Crippen LogP contribution in [0, 0.1) is 6.92 Å². The van der Waals surface area contributed by atoms with Gasteiger partial charge in [0.2, 0.25) is 0 Å². The molecular formula is C22H32N2O4. The van der Waals surface area contributed by atoms with Crippen molar-refractivity contribution in [1.82, 2.24) is 9.80 Å². The van der Waals surface area contributed by atoms with Crippen LogP contribution >= 0.6 is 0 Å². The van der Waals surface area contributed by atoms with Crippen LogP contribution in [0.5, 0.6) is 0 Å². The zero-order chi connectivity index (χ0) is 20.5. The van der Waals surface area contributed by atoms with Gasteiger partial charge in [-0.2, -0.15) is 0 Å². The molecule has 28 heavy (non-hydrogen) atoms. The van der Waals surface area contributed by atoms with Crippen molar-refractivity contribution in [3.05, 3.63) is 41.1 Å². The van der Waals surface area contributed by atoms with E-state index in [2.05, 4.69) is 6.92 Å². The normalized spacial score (nSPS) is 14.4. The van der Waals surface area contributed by atoms with E-state index in [0.29, 0.717) is 44.1 Å². The van der Waals surface area contributed by atoms with Crippen LogP contribution in [0.3, 0.4) is 0 Å². The van der Waals surface area contributed by atoms with Crippen LogP contribution in [0.4, 0.5) is 0 Å². The van der Waals surface area contributed by atoms with Crippen molar-refractivity contribution in [1.29, 1.82) is 0 Å². The van der Waals surface area contributed by atoms with E-state index in [9.17, 15) is 9.59 Å². The molecule has 0 aliphatic carbocycles. The molecule has 0 bridgehead atoms. The van der Waals surface area contributed by atoms with Gasteiger partial charge in [0.1, 0.15) is 5.70 Å².